The third-order valence-electron chi connectivity index (χ3n) is 2.61. The van der Waals surface area contributed by atoms with Crippen LogP contribution in [0.15, 0.2) is 11.5 Å². The second-order valence-corrected chi connectivity index (χ2v) is 4.29. The van der Waals surface area contributed by atoms with Crippen molar-refractivity contribution < 1.29 is 44.2 Å². The molecule has 0 fully saturated rings. The Labute approximate surface area is 120 Å². The number of cyclic esters (lactones) is 1. The summed E-state index contributed by atoms with van der Waals surface area (Å²) in [5, 5.41) is 37.2. The number of esters is 2. The minimum absolute atomic E-state index is 0.117. The maximum absolute atomic E-state index is 11.5. The summed E-state index contributed by atoms with van der Waals surface area (Å²) in [6, 6.07) is 0. The van der Waals surface area contributed by atoms with Gasteiger partial charge in [0.05, 0.1) is 6.61 Å². The molecule has 0 spiro atoms. The summed E-state index contributed by atoms with van der Waals surface area (Å²) < 4.78 is 14.2. The Bertz CT molecular complexity index is 417. The summed E-state index contributed by atoms with van der Waals surface area (Å²) in [5.41, 5.74) is 0. The molecule has 1 aliphatic rings. The SMILES string of the molecule is CCC(=O)OCC(O)C1OC(=O)C(OCC(O)CO)=C1O. The summed E-state index contributed by atoms with van der Waals surface area (Å²) >= 11 is 0. The predicted molar refractivity (Wildman–Crippen MR) is 65.8 cm³/mol. The van der Waals surface area contributed by atoms with Crippen molar-refractivity contribution in [3.63, 3.8) is 0 Å². The van der Waals surface area contributed by atoms with Gasteiger partial charge in [0.2, 0.25) is 5.76 Å². The number of hydrogen-bond donors (Lipinski definition) is 4. The summed E-state index contributed by atoms with van der Waals surface area (Å²) in [6.45, 7) is 0.0993. The molecule has 120 valence electrons. The number of ether oxygens (including phenoxy) is 3. The number of hydrogen-bond acceptors (Lipinski definition) is 9. The number of aliphatic hydroxyl groups is 4. The third-order valence-corrected chi connectivity index (χ3v) is 2.61. The highest BCUT2D eigenvalue weighted by Gasteiger charge is 2.41. The minimum Gasteiger partial charge on any atom is -0.505 e. The maximum atomic E-state index is 11.5. The van der Waals surface area contributed by atoms with Crippen molar-refractivity contribution in [1.82, 2.24) is 0 Å². The third kappa shape index (κ3) is 4.59. The molecule has 0 bridgehead atoms. The highest BCUT2D eigenvalue weighted by atomic mass is 16.6. The van der Waals surface area contributed by atoms with Crippen LogP contribution in [0.5, 0.6) is 0 Å². The number of carbonyl (C=O) groups is 2. The molecule has 0 aromatic rings. The highest BCUT2D eigenvalue weighted by Crippen LogP contribution is 2.24. The van der Waals surface area contributed by atoms with E-state index in [2.05, 4.69) is 4.74 Å². The maximum Gasteiger partial charge on any atom is 0.378 e. The van der Waals surface area contributed by atoms with Crippen molar-refractivity contribution >= 4 is 11.9 Å². The van der Waals surface area contributed by atoms with Gasteiger partial charge in [-0.2, -0.15) is 0 Å². The van der Waals surface area contributed by atoms with Gasteiger partial charge >= 0.3 is 11.9 Å². The summed E-state index contributed by atoms with van der Waals surface area (Å²) in [6.07, 6.45) is -3.98. The molecule has 0 saturated carbocycles. The lowest BCUT2D eigenvalue weighted by Crippen LogP contribution is -2.33. The molecule has 0 aliphatic carbocycles. The van der Waals surface area contributed by atoms with Crippen molar-refractivity contribution in [3.05, 3.63) is 11.5 Å². The van der Waals surface area contributed by atoms with Gasteiger partial charge in [-0.15, -0.1) is 0 Å². The molecule has 1 aliphatic heterocycles. The Balaban J connectivity index is 2.62. The molecule has 1 heterocycles. The first kappa shape index (κ1) is 17.2. The first-order chi connectivity index (χ1) is 9.90. The largest absolute Gasteiger partial charge is 0.505 e. The molecule has 0 aromatic heterocycles. The Morgan fingerprint density at radius 2 is 2.05 bits per heavy atom. The number of carbonyl (C=O) groups excluding carboxylic acids is 2. The zero-order chi connectivity index (χ0) is 16.0. The zero-order valence-electron chi connectivity index (χ0n) is 11.4. The van der Waals surface area contributed by atoms with Gasteiger partial charge in [0.25, 0.3) is 0 Å². The van der Waals surface area contributed by atoms with Crippen LogP contribution in [0.25, 0.3) is 0 Å². The molecule has 1 rings (SSSR count). The molecule has 9 heteroatoms. The molecule has 0 amide bonds. The smallest absolute Gasteiger partial charge is 0.378 e. The Kier molecular flexibility index (Phi) is 6.40. The van der Waals surface area contributed by atoms with Crippen molar-refractivity contribution in [2.24, 2.45) is 0 Å². The summed E-state index contributed by atoms with van der Waals surface area (Å²) in [5.74, 6) is -2.80. The standard InChI is InChI=1S/C12H18O9/c1-2-8(16)19-5-7(15)10-9(17)11(12(18)21-10)20-4-6(14)3-13/h6-7,10,13-15,17H,2-5H2,1H3. The van der Waals surface area contributed by atoms with Gasteiger partial charge in [-0.1, -0.05) is 6.92 Å². The van der Waals surface area contributed by atoms with E-state index in [4.69, 9.17) is 19.7 Å². The molecule has 9 nitrogen and oxygen atoms in total. The van der Waals surface area contributed by atoms with E-state index in [1.165, 1.54) is 0 Å². The van der Waals surface area contributed by atoms with E-state index < -0.39 is 61.6 Å². The highest BCUT2D eigenvalue weighted by molar-refractivity contribution is 5.89. The zero-order valence-corrected chi connectivity index (χ0v) is 11.4. The van der Waals surface area contributed by atoms with Crippen molar-refractivity contribution in [1.29, 1.82) is 0 Å². The summed E-state index contributed by atoms with van der Waals surface area (Å²) in [4.78, 5) is 22.4. The summed E-state index contributed by atoms with van der Waals surface area (Å²) in [7, 11) is 0. The van der Waals surface area contributed by atoms with Crippen LogP contribution >= 0.6 is 0 Å². The first-order valence-electron chi connectivity index (χ1n) is 6.30. The number of aliphatic hydroxyl groups excluding tert-OH is 4. The fourth-order valence-corrected chi connectivity index (χ4v) is 1.45. The Hall–Kier alpha value is -1.84. The van der Waals surface area contributed by atoms with Crippen LogP contribution in [0.2, 0.25) is 0 Å². The lowest BCUT2D eigenvalue weighted by molar-refractivity contribution is -0.154. The van der Waals surface area contributed by atoms with E-state index in [9.17, 15) is 19.8 Å². The van der Waals surface area contributed by atoms with E-state index in [1.54, 1.807) is 6.92 Å². The average molecular weight is 306 g/mol. The molecule has 3 atom stereocenters. The first-order valence-corrected chi connectivity index (χ1v) is 6.30. The van der Waals surface area contributed by atoms with Crippen molar-refractivity contribution in [2.75, 3.05) is 19.8 Å². The Morgan fingerprint density at radius 3 is 2.62 bits per heavy atom. The minimum atomic E-state index is -1.45. The monoisotopic (exact) mass is 306 g/mol. The molecule has 4 N–H and O–H groups in total. The van der Waals surface area contributed by atoms with Crippen LogP contribution in [-0.2, 0) is 23.8 Å². The van der Waals surface area contributed by atoms with E-state index in [1.807, 2.05) is 0 Å². The fourth-order valence-electron chi connectivity index (χ4n) is 1.45. The van der Waals surface area contributed by atoms with Crippen LogP contribution in [0.4, 0.5) is 0 Å². The van der Waals surface area contributed by atoms with Crippen LogP contribution in [0, 0.1) is 0 Å². The van der Waals surface area contributed by atoms with Crippen LogP contribution in [0.3, 0.4) is 0 Å². The van der Waals surface area contributed by atoms with E-state index in [0.29, 0.717) is 0 Å². The normalized spacial score (nSPS) is 21.0. The van der Waals surface area contributed by atoms with Crippen LogP contribution < -0.4 is 0 Å². The molecule has 0 radical (unpaired) electrons. The van der Waals surface area contributed by atoms with Gasteiger partial charge in [0.15, 0.2) is 11.9 Å². The average Bonchev–Trinajstić information content (AvgIpc) is 2.76. The van der Waals surface area contributed by atoms with Gasteiger partial charge in [-0.25, -0.2) is 4.79 Å². The van der Waals surface area contributed by atoms with E-state index >= 15 is 0 Å². The van der Waals surface area contributed by atoms with Crippen molar-refractivity contribution in [2.45, 2.75) is 31.7 Å². The fraction of sp³-hybridized carbons (Fsp3) is 0.667. The van der Waals surface area contributed by atoms with Gasteiger partial charge < -0.3 is 34.6 Å². The predicted octanol–water partition coefficient (Wildman–Crippen LogP) is -1.63. The van der Waals surface area contributed by atoms with E-state index in [-0.39, 0.29) is 6.42 Å². The van der Waals surface area contributed by atoms with Crippen LogP contribution in [0.1, 0.15) is 13.3 Å². The van der Waals surface area contributed by atoms with Crippen LogP contribution in [-0.4, -0.2) is 70.5 Å². The van der Waals surface area contributed by atoms with Gasteiger partial charge in [0.1, 0.15) is 25.4 Å². The topological polar surface area (TPSA) is 143 Å². The number of rotatable bonds is 8. The lowest BCUT2D eigenvalue weighted by atomic mass is 10.2. The Morgan fingerprint density at radius 1 is 1.38 bits per heavy atom. The van der Waals surface area contributed by atoms with Gasteiger partial charge in [-0.3, -0.25) is 4.79 Å². The second kappa shape index (κ2) is 7.81. The molecule has 0 saturated heterocycles. The molecule has 0 aromatic carbocycles. The second-order valence-electron chi connectivity index (χ2n) is 4.29. The molecular weight excluding hydrogens is 288 g/mol. The molecular formula is C12H18O9. The van der Waals surface area contributed by atoms with Crippen molar-refractivity contribution in [3.8, 4) is 0 Å². The lowest BCUT2D eigenvalue weighted by Gasteiger charge is -2.16. The van der Waals surface area contributed by atoms with Gasteiger partial charge in [0, 0.05) is 6.42 Å². The quantitative estimate of drug-likeness (QED) is 0.388. The van der Waals surface area contributed by atoms with Gasteiger partial charge in [-0.05, 0) is 0 Å². The molecule has 3 unspecified atom stereocenters. The molecule has 21 heavy (non-hydrogen) atoms. The van der Waals surface area contributed by atoms with E-state index in [0.717, 1.165) is 0 Å².